The molecule has 18 heavy (non-hydrogen) atoms. The fourth-order valence-corrected chi connectivity index (χ4v) is 2.00. The van der Waals surface area contributed by atoms with Crippen LogP contribution in [0.25, 0.3) is 0 Å². The average molecular weight is 302 g/mol. The van der Waals surface area contributed by atoms with Crippen molar-refractivity contribution in [3.05, 3.63) is 69.7 Å². The summed E-state index contributed by atoms with van der Waals surface area (Å²) in [4.78, 5) is 0. The van der Waals surface area contributed by atoms with Gasteiger partial charge in [-0.2, -0.15) is 0 Å². The molecular weight excluding hydrogens is 287 g/mol. The second-order valence-corrected chi connectivity index (χ2v) is 4.61. The molecule has 0 spiro atoms. The minimum Gasteiger partial charge on any atom is -0.0933 e. The van der Waals surface area contributed by atoms with E-state index in [1.165, 1.54) is 16.7 Å². The van der Waals surface area contributed by atoms with E-state index in [4.69, 9.17) is 34.8 Å². The van der Waals surface area contributed by atoms with E-state index < -0.39 is 0 Å². The Hall–Kier alpha value is -0.690. The molecule has 0 unspecified atom stereocenters. The van der Waals surface area contributed by atoms with Crippen molar-refractivity contribution in [2.75, 3.05) is 0 Å². The van der Waals surface area contributed by atoms with Gasteiger partial charge in [-0.25, -0.2) is 0 Å². The second kappa shape index (κ2) is 9.27. The van der Waals surface area contributed by atoms with Gasteiger partial charge in [0.05, 0.1) is 0 Å². The molecule has 0 N–H and O–H groups in total. The fourth-order valence-electron chi connectivity index (χ4n) is 1.73. The van der Waals surface area contributed by atoms with Crippen molar-refractivity contribution in [1.82, 2.24) is 0 Å². The standard InChI is InChI=1S/C15H15Cl3/c16-7-1-4-13-10-14(5-2-8-17)12-15(11-13)6-3-9-18/h1-3,7-12H,4-6H2/b7-1+,8-2+,9-3+. The molecule has 96 valence electrons. The predicted molar refractivity (Wildman–Crippen MR) is 82.5 cm³/mol. The molecular formula is C15H15Cl3. The average Bonchev–Trinajstić information content (AvgIpc) is 2.40. The molecule has 0 aliphatic rings. The molecule has 3 heteroatoms. The number of hydrogen-bond donors (Lipinski definition) is 0. The molecule has 0 saturated heterocycles. The summed E-state index contributed by atoms with van der Waals surface area (Å²) in [5.41, 5.74) is 8.36. The molecule has 0 amide bonds. The highest BCUT2D eigenvalue weighted by Gasteiger charge is 1.99. The van der Waals surface area contributed by atoms with Crippen molar-refractivity contribution in [1.29, 1.82) is 0 Å². The smallest absolute Gasteiger partial charge is 0.000580 e. The van der Waals surface area contributed by atoms with Crippen LogP contribution in [0.4, 0.5) is 0 Å². The molecule has 0 radical (unpaired) electrons. The van der Waals surface area contributed by atoms with E-state index in [0.717, 1.165) is 19.3 Å². The normalized spacial score (nSPS) is 12.2. The fraction of sp³-hybridized carbons (Fsp3) is 0.200. The number of hydrogen-bond acceptors (Lipinski definition) is 0. The highest BCUT2D eigenvalue weighted by atomic mass is 35.5. The Balaban J connectivity index is 2.94. The van der Waals surface area contributed by atoms with Gasteiger partial charge in [0.15, 0.2) is 0 Å². The van der Waals surface area contributed by atoms with E-state index >= 15 is 0 Å². The summed E-state index contributed by atoms with van der Waals surface area (Å²) >= 11 is 16.7. The van der Waals surface area contributed by atoms with Crippen LogP contribution in [0, 0.1) is 0 Å². The van der Waals surface area contributed by atoms with Crippen LogP contribution in [0.2, 0.25) is 0 Å². The van der Waals surface area contributed by atoms with Crippen LogP contribution < -0.4 is 0 Å². The predicted octanol–water partition coefficient (Wildman–Crippen LogP) is 5.57. The van der Waals surface area contributed by atoms with Crippen molar-refractivity contribution < 1.29 is 0 Å². The first-order valence-electron chi connectivity index (χ1n) is 5.67. The van der Waals surface area contributed by atoms with E-state index in [9.17, 15) is 0 Å². The van der Waals surface area contributed by atoms with Crippen LogP contribution in [0.15, 0.2) is 53.0 Å². The summed E-state index contributed by atoms with van der Waals surface area (Å²) < 4.78 is 0. The molecule has 1 aromatic rings. The lowest BCUT2D eigenvalue weighted by Crippen LogP contribution is -1.92. The Labute approximate surface area is 124 Å². The summed E-state index contributed by atoms with van der Waals surface area (Å²) in [6.45, 7) is 0. The topological polar surface area (TPSA) is 0 Å². The first kappa shape index (κ1) is 15.4. The molecule has 0 atom stereocenters. The molecule has 0 aromatic heterocycles. The quantitative estimate of drug-likeness (QED) is 0.644. The molecule has 1 rings (SSSR count). The first-order chi connectivity index (χ1) is 8.80. The third-order valence-corrected chi connectivity index (χ3v) is 2.97. The highest BCUT2D eigenvalue weighted by molar-refractivity contribution is 6.25. The summed E-state index contributed by atoms with van der Waals surface area (Å²) in [7, 11) is 0. The van der Waals surface area contributed by atoms with E-state index in [-0.39, 0.29) is 0 Å². The molecule has 0 heterocycles. The number of benzene rings is 1. The Morgan fingerprint density at radius 2 is 0.889 bits per heavy atom. The maximum Gasteiger partial charge on any atom is 0.000580 e. The van der Waals surface area contributed by atoms with E-state index in [0.29, 0.717) is 0 Å². The van der Waals surface area contributed by atoms with Crippen LogP contribution in [-0.4, -0.2) is 0 Å². The lowest BCUT2D eigenvalue weighted by Gasteiger charge is -2.06. The zero-order valence-electron chi connectivity index (χ0n) is 9.95. The second-order valence-electron chi connectivity index (χ2n) is 3.86. The Kier molecular flexibility index (Phi) is 7.91. The number of halogens is 3. The van der Waals surface area contributed by atoms with Crippen LogP contribution in [0.3, 0.4) is 0 Å². The van der Waals surface area contributed by atoms with Gasteiger partial charge >= 0.3 is 0 Å². The van der Waals surface area contributed by atoms with Crippen LogP contribution in [0.5, 0.6) is 0 Å². The Bertz CT molecular complexity index is 366. The van der Waals surface area contributed by atoms with Crippen molar-refractivity contribution in [3.63, 3.8) is 0 Å². The van der Waals surface area contributed by atoms with Crippen LogP contribution in [-0.2, 0) is 19.3 Å². The summed E-state index contributed by atoms with van der Waals surface area (Å²) in [6.07, 6.45) is 8.29. The molecule has 0 nitrogen and oxygen atoms in total. The van der Waals surface area contributed by atoms with Crippen molar-refractivity contribution in [2.45, 2.75) is 19.3 Å². The lowest BCUT2D eigenvalue weighted by atomic mass is 10.00. The third-order valence-electron chi connectivity index (χ3n) is 2.44. The van der Waals surface area contributed by atoms with Crippen LogP contribution >= 0.6 is 34.8 Å². The van der Waals surface area contributed by atoms with Gasteiger partial charge in [-0.15, -0.1) is 0 Å². The van der Waals surface area contributed by atoms with Crippen molar-refractivity contribution in [2.24, 2.45) is 0 Å². The molecule has 0 fully saturated rings. The summed E-state index contributed by atoms with van der Waals surface area (Å²) in [6, 6.07) is 6.51. The SMILES string of the molecule is Cl/C=C/Cc1cc(C/C=C/Cl)cc(C/C=C/Cl)c1. The molecule has 0 aliphatic carbocycles. The third kappa shape index (κ3) is 5.77. The molecule has 0 aliphatic heterocycles. The minimum absolute atomic E-state index is 0.833. The van der Waals surface area contributed by atoms with Gasteiger partial charge < -0.3 is 0 Å². The highest BCUT2D eigenvalue weighted by Crippen LogP contribution is 2.14. The molecule has 0 bridgehead atoms. The monoisotopic (exact) mass is 300 g/mol. The van der Waals surface area contributed by atoms with E-state index in [1.807, 2.05) is 18.2 Å². The van der Waals surface area contributed by atoms with Crippen molar-refractivity contribution >= 4 is 34.8 Å². The van der Waals surface area contributed by atoms with E-state index in [1.54, 1.807) is 16.6 Å². The maximum atomic E-state index is 5.56. The van der Waals surface area contributed by atoms with Gasteiger partial charge in [-0.05, 0) is 36.0 Å². The Morgan fingerprint density at radius 3 is 1.11 bits per heavy atom. The maximum absolute atomic E-state index is 5.56. The van der Waals surface area contributed by atoms with Gasteiger partial charge in [0.25, 0.3) is 0 Å². The minimum atomic E-state index is 0.833. The first-order valence-corrected chi connectivity index (χ1v) is 6.98. The molecule has 0 saturated carbocycles. The zero-order valence-corrected chi connectivity index (χ0v) is 12.2. The largest absolute Gasteiger partial charge is 0.0933 e. The summed E-state index contributed by atoms with van der Waals surface area (Å²) in [5.74, 6) is 0. The Morgan fingerprint density at radius 1 is 0.611 bits per heavy atom. The lowest BCUT2D eigenvalue weighted by molar-refractivity contribution is 1.15. The van der Waals surface area contributed by atoms with Gasteiger partial charge in [0.2, 0.25) is 0 Å². The van der Waals surface area contributed by atoms with Gasteiger partial charge in [-0.3, -0.25) is 0 Å². The van der Waals surface area contributed by atoms with Gasteiger partial charge in [-0.1, -0.05) is 71.2 Å². The van der Waals surface area contributed by atoms with Gasteiger partial charge in [0, 0.05) is 16.6 Å². The number of allylic oxidation sites excluding steroid dienone is 3. The van der Waals surface area contributed by atoms with E-state index in [2.05, 4.69) is 18.2 Å². The van der Waals surface area contributed by atoms with Crippen LogP contribution in [0.1, 0.15) is 16.7 Å². The van der Waals surface area contributed by atoms with Crippen molar-refractivity contribution in [3.8, 4) is 0 Å². The zero-order chi connectivity index (χ0) is 13.2. The summed E-state index contributed by atoms with van der Waals surface area (Å²) in [5, 5.41) is 0. The van der Waals surface area contributed by atoms with Gasteiger partial charge in [0.1, 0.15) is 0 Å². The number of rotatable bonds is 6. The molecule has 1 aromatic carbocycles.